The summed E-state index contributed by atoms with van der Waals surface area (Å²) in [6.07, 6.45) is 1.35. The van der Waals surface area contributed by atoms with Crippen molar-refractivity contribution in [1.82, 2.24) is 0 Å². The van der Waals surface area contributed by atoms with Gasteiger partial charge < -0.3 is 9.38 Å². The van der Waals surface area contributed by atoms with Gasteiger partial charge in [-0.05, 0) is 31.2 Å². The van der Waals surface area contributed by atoms with Crippen molar-refractivity contribution in [2.45, 2.75) is 23.1 Å². The third-order valence-corrected chi connectivity index (χ3v) is 6.64. The average Bonchev–Trinajstić information content (AvgIpc) is 2.96. The van der Waals surface area contributed by atoms with E-state index in [4.69, 9.17) is 0 Å². The molecule has 2 aliphatic rings. The van der Waals surface area contributed by atoms with Crippen LogP contribution in [0.5, 0.6) is 0 Å². The summed E-state index contributed by atoms with van der Waals surface area (Å²) in [4.78, 5) is 5.34. The van der Waals surface area contributed by atoms with Crippen LogP contribution in [0.3, 0.4) is 0 Å². The molecule has 2 aromatic rings. The number of quaternary nitrogens is 1. The Morgan fingerprint density at radius 1 is 1.04 bits per heavy atom. The number of anilines is 2. The maximum atomic E-state index is 2.57. The first-order chi connectivity index (χ1) is 11.2. The van der Waals surface area contributed by atoms with E-state index < -0.39 is 0 Å². The first-order valence-corrected chi connectivity index (χ1v) is 9.47. The molecule has 0 radical (unpaired) electrons. The summed E-state index contributed by atoms with van der Waals surface area (Å²) in [6, 6.07) is 17.7. The zero-order valence-corrected chi connectivity index (χ0v) is 14.9. The fraction of sp³-hybridized carbons (Fsp3) is 0.400. The molecule has 2 nitrogen and oxygen atoms in total. The van der Waals surface area contributed by atoms with Gasteiger partial charge in [0.15, 0.2) is 0 Å². The van der Waals surface area contributed by atoms with Crippen LogP contribution in [0.25, 0.3) is 0 Å². The summed E-state index contributed by atoms with van der Waals surface area (Å²) in [5, 5.41) is 0. The van der Waals surface area contributed by atoms with E-state index in [1.165, 1.54) is 51.7 Å². The zero-order chi connectivity index (χ0) is 15.9. The van der Waals surface area contributed by atoms with Gasteiger partial charge in [0.05, 0.1) is 38.1 Å². The SMILES string of the molecule is CC[N+]1(C)CC[C@H](CN2c3ccccc3Sc3ccccc32)C1. The second kappa shape index (κ2) is 5.88. The number of nitrogens with zero attached hydrogens (tertiary/aromatic N) is 2. The summed E-state index contributed by atoms with van der Waals surface area (Å²) >= 11 is 1.90. The highest BCUT2D eigenvalue weighted by molar-refractivity contribution is 7.99. The minimum absolute atomic E-state index is 0.782. The molecule has 2 heterocycles. The number of likely N-dealkylation sites (tertiary alicyclic amines) is 1. The molecule has 0 spiro atoms. The highest BCUT2D eigenvalue weighted by Crippen LogP contribution is 2.48. The lowest BCUT2D eigenvalue weighted by Crippen LogP contribution is -2.42. The quantitative estimate of drug-likeness (QED) is 0.748. The Bertz CT molecular complexity index is 669. The van der Waals surface area contributed by atoms with E-state index >= 15 is 0 Å². The number of fused-ring (bicyclic) bond motifs is 2. The van der Waals surface area contributed by atoms with E-state index in [1.54, 1.807) is 0 Å². The third kappa shape index (κ3) is 2.77. The van der Waals surface area contributed by atoms with Crippen molar-refractivity contribution < 1.29 is 4.48 Å². The Labute approximate surface area is 143 Å². The van der Waals surface area contributed by atoms with Gasteiger partial charge in [-0.25, -0.2) is 0 Å². The van der Waals surface area contributed by atoms with Gasteiger partial charge in [0.25, 0.3) is 0 Å². The van der Waals surface area contributed by atoms with Crippen molar-refractivity contribution in [1.29, 1.82) is 0 Å². The molecule has 1 saturated heterocycles. The lowest BCUT2D eigenvalue weighted by Gasteiger charge is -2.34. The summed E-state index contributed by atoms with van der Waals surface area (Å²) < 4.78 is 1.23. The van der Waals surface area contributed by atoms with Crippen LogP contribution in [0, 0.1) is 5.92 Å². The highest BCUT2D eigenvalue weighted by Gasteiger charge is 2.35. The van der Waals surface area contributed by atoms with Crippen molar-refractivity contribution in [2.24, 2.45) is 5.92 Å². The fourth-order valence-electron chi connectivity index (χ4n) is 3.97. The molecule has 120 valence electrons. The van der Waals surface area contributed by atoms with Crippen molar-refractivity contribution >= 4 is 23.1 Å². The van der Waals surface area contributed by atoms with Gasteiger partial charge in [-0.2, -0.15) is 0 Å². The van der Waals surface area contributed by atoms with Gasteiger partial charge in [-0.1, -0.05) is 36.0 Å². The van der Waals surface area contributed by atoms with Gasteiger partial charge in [0, 0.05) is 28.7 Å². The van der Waals surface area contributed by atoms with Gasteiger partial charge in [0.1, 0.15) is 0 Å². The first kappa shape index (κ1) is 15.1. The van der Waals surface area contributed by atoms with Crippen molar-refractivity contribution in [2.75, 3.05) is 38.1 Å². The topological polar surface area (TPSA) is 3.24 Å². The van der Waals surface area contributed by atoms with Gasteiger partial charge in [-0.15, -0.1) is 0 Å². The molecule has 2 aromatic carbocycles. The van der Waals surface area contributed by atoms with E-state index in [9.17, 15) is 0 Å². The molecule has 4 rings (SSSR count). The van der Waals surface area contributed by atoms with Gasteiger partial charge >= 0.3 is 0 Å². The van der Waals surface area contributed by atoms with Crippen LogP contribution in [0.15, 0.2) is 58.3 Å². The van der Waals surface area contributed by atoms with E-state index in [2.05, 4.69) is 67.4 Å². The van der Waals surface area contributed by atoms with Crippen LogP contribution in [0.2, 0.25) is 0 Å². The number of rotatable bonds is 3. The van der Waals surface area contributed by atoms with Crippen LogP contribution >= 0.6 is 11.8 Å². The van der Waals surface area contributed by atoms with Crippen LogP contribution in [0.1, 0.15) is 13.3 Å². The smallest absolute Gasteiger partial charge is 0.0832 e. The minimum atomic E-state index is 0.782. The van der Waals surface area contributed by atoms with Crippen LogP contribution in [-0.4, -0.2) is 37.7 Å². The lowest BCUT2D eigenvalue weighted by atomic mass is 10.1. The largest absolute Gasteiger partial charge is 0.339 e. The molecular weight excluding hydrogens is 300 g/mol. The minimum Gasteiger partial charge on any atom is -0.339 e. The lowest BCUT2D eigenvalue weighted by molar-refractivity contribution is -0.897. The zero-order valence-electron chi connectivity index (χ0n) is 14.0. The number of hydrogen-bond acceptors (Lipinski definition) is 2. The second-order valence-corrected chi connectivity index (χ2v) is 8.23. The Balaban J connectivity index is 1.66. The van der Waals surface area contributed by atoms with Crippen molar-refractivity contribution in [3.63, 3.8) is 0 Å². The fourth-order valence-corrected chi connectivity index (χ4v) is 5.07. The Morgan fingerprint density at radius 2 is 1.65 bits per heavy atom. The number of benzene rings is 2. The molecule has 0 aliphatic carbocycles. The highest BCUT2D eigenvalue weighted by atomic mass is 32.2. The van der Waals surface area contributed by atoms with Crippen LogP contribution < -0.4 is 4.90 Å². The normalized spacial score (nSPS) is 26.0. The maximum absolute atomic E-state index is 2.57. The molecule has 0 N–H and O–H groups in total. The Hall–Kier alpha value is -1.45. The molecular formula is C20H25N2S+. The summed E-state index contributed by atoms with van der Waals surface area (Å²) in [7, 11) is 2.41. The molecule has 0 aromatic heterocycles. The van der Waals surface area contributed by atoms with Crippen molar-refractivity contribution in [3.05, 3.63) is 48.5 Å². The molecule has 0 bridgehead atoms. The molecule has 2 atom stereocenters. The van der Waals surface area contributed by atoms with E-state index in [1.807, 2.05) is 11.8 Å². The third-order valence-electron chi connectivity index (χ3n) is 5.51. The predicted molar refractivity (Wildman–Crippen MR) is 98.6 cm³/mol. The molecule has 23 heavy (non-hydrogen) atoms. The van der Waals surface area contributed by atoms with Crippen LogP contribution in [-0.2, 0) is 0 Å². The van der Waals surface area contributed by atoms with Crippen LogP contribution in [0.4, 0.5) is 11.4 Å². The predicted octanol–water partition coefficient (Wildman–Crippen LogP) is 4.78. The molecule has 1 fully saturated rings. The Kier molecular flexibility index (Phi) is 3.86. The summed E-state index contributed by atoms with van der Waals surface area (Å²) in [5.41, 5.74) is 2.77. The monoisotopic (exact) mass is 325 g/mol. The van der Waals surface area contributed by atoms with Crippen molar-refractivity contribution in [3.8, 4) is 0 Å². The number of hydrogen-bond donors (Lipinski definition) is 0. The summed E-state index contributed by atoms with van der Waals surface area (Å²) in [5.74, 6) is 0.782. The molecule has 1 unspecified atom stereocenters. The van der Waals surface area contributed by atoms with E-state index in [0.29, 0.717) is 0 Å². The van der Waals surface area contributed by atoms with E-state index in [-0.39, 0.29) is 0 Å². The summed E-state index contributed by atoms with van der Waals surface area (Å²) in [6.45, 7) is 7.35. The Morgan fingerprint density at radius 3 is 2.22 bits per heavy atom. The maximum Gasteiger partial charge on any atom is 0.0832 e. The number of para-hydroxylation sites is 2. The second-order valence-electron chi connectivity index (χ2n) is 7.14. The molecule has 2 aliphatic heterocycles. The molecule has 0 amide bonds. The average molecular weight is 326 g/mol. The van der Waals surface area contributed by atoms with Gasteiger partial charge in [0.2, 0.25) is 0 Å². The first-order valence-electron chi connectivity index (χ1n) is 8.65. The van der Waals surface area contributed by atoms with Gasteiger partial charge in [-0.3, -0.25) is 0 Å². The molecule has 0 saturated carbocycles. The standard InChI is InChI=1S/C20H25N2S/c1-3-22(2)13-12-16(15-22)14-21-17-8-4-6-10-19(17)23-20-11-7-5-9-18(20)21/h4-11,16H,3,12-15H2,1-2H3/q+1/t16-,22?/m1/s1. The molecule has 3 heteroatoms. The van der Waals surface area contributed by atoms with E-state index in [0.717, 1.165) is 12.5 Å².